The second-order valence-electron chi connectivity index (χ2n) is 3.27. The van der Waals surface area contributed by atoms with E-state index in [1.54, 1.807) is 32.2 Å². The molecule has 0 saturated carbocycles. The SMILES string of the molecule is COc1ccc(C(N)C(C)O)cc1N. The molecule has 0 spiro atoms. The molecule has 4 nitrogen and oxygen atoms in total. The number of rotatable bonds is 3. The number of nitrogens with two attached hydrogens (primary N) is 2. The molecule has 0 aliphatic rings. The third kappa shape index (κ3) is 2.16. The summed E-state index contributed by atoms with van der Waals surface area (Å²) in [6.07, 6.45) is -0.595. The molecule has 0 aromatic heterocycles. The highest BCUT2D eigenvalue weighted by Crippen LogP contribution is 2.25. The van der Waals surface area contributed by atoms with E-state index in [1.165, 1.54) is 0 Å². The van der Waals surface area contributed by atoms with Crippen molar-refractivity contribution in [3.05, 3.63) is 23.8 Å². The topological polar surface area (TPSA) is 81.5 Å². The molecule has 1 aromatic rings. The Kier molecular flexibility index (Phi) is 3.33. The van der Waals surface area contributed by atoms with Crippen LogP contribution < -0.4 is 16.2 Å². The Morgan fingerprint density at radius 1 is 1.43 bits per heavy atom. The first-order valence-corrected chi connectivity index (χ1v) is 4.43. The van der Waals surface area contributed by atoms with Crippen LogP contribution in [-0.4, -0.2) is 18.3 Å². The Hall–Kier alpha value is -1.26. The van der Waals surface area contributed by atoms with Gasteiger partial charge in [-0.2, -0.15) is 0 Å². The fourth-order valence-corrected chi connectivity index (χ4v) is 1.24. The van der Waals surface area contributed by atoms with Crippen LogP contribution in [0.25, 0.3) is 0 Å². The van der Waals surface area contributed by atoms with Gasteiger partial charge >= 0.3 is 0 Å². The minimum Gasteiger partial charge on any atom is -0.495 e. The largest absolute Gasteiger partial charge is 0.495 e. The summed E-state index contributed by atoms with van der Waals surface area (Å²) in [4.78, 5) is 0. The number of nitrogen functional groups attached to an aromatic ring is 1. The number of aliphatic hydroxyl groups excluding tert-OH is 1. The third-order valence-electron chi connectivity index (χ3n) is 2.16. The van der Waals surface area contributed by atoms with Crippen LogP contribution in [0.15, 0.2) is 18.2 Å². The van der Waals surface area contributed by atoms with Crippen molar-refractivity contribution in [2.75, 3.05) is 12.8 Å². The van der Waals surface area contributed by atoms with Gasteiger partial charge < -0.3 is 21.3 Å². The van der Waals surface area contributed by atoms with Crippen LogP contribution in [0.3, 0.4) is 0 Å². The van der Waals surface area contributed by atoms with Gasteiger partial charge in [-0.25, -0.2) is 0 Å². The van der Waals surface area contributed by atoms with E-state index in [2.05, 4.69) is 0 Å². The maximum absolute atomic E-state index is 9.29. The van der Waals surface area contributed by atoms with Gasteiger partial charge in [0.1, 0.15) is 5.75 Å². The van der Waals surface area contributed by atoms with Crippen LogP contribution in [0.4, 0.5) is 5.69 Å². The summed E-state index contributed by atoms with van der Waals surface area (Å²) in [6, 6.07) is 4.85. The van der Waals surface area contributed by atoms with Gasteiger partial charge in [0.05, 0.1) is 24.9 Å². The van der Waals surface area contributed by atoms with Crippen LogP contribution in [0.1, 0.15) is 18.5 Å². The standard InChI is InChI=1S/C10H16N2O2/c1-6(13)10(12)7-3-4-9(14-2)8(11)5-7/h3-6,10,13H,11-12H2,1-2H3. The second kappa shape index (κ2) is 4.30. The highest BCUT2D eigenvalue weighted by atomic mass is 16.5. The molecule has 2 atom stereocenters. The lowest BCUT2D eigenvalue weighted by Gasteiger charge is -2.16. The molecule has 0 bridgehead atoms. The Morgan fingerprint density at radius 2 is 2.07 bits per heavy atom. The zero-order valence-corrected chi connectivity index (χ0v) is 8.40. The van der Waals surface area contributed by atoms with E-state index < -0.39 is 12.1 Å². The van der Waals surface area contributed by atoms with Crippen molar-refractivity contribution in [3.63, 3.8) is 0 Å². The fourth-order valence-electron chi connectivity index (χ4n) is 1.24. The molecular formula is C10H16N2O2. The van der Waals surface area contributed by atoms with Crippen molar-refractivity contribution in [1.29, 1.82) is 0 Å². The van der Waals surface area contributed by atoms with Gasteiger partial charge in [-0.15, -0.1) is 0 Å². The molecule has 2 unspecified atom stereocenters. The lowest BCUT2D eigenvalue weighted by atomic mass is 10.0. The van der Waals surface area contributed by atoms with Crippen LogP contribution in [0.2, 0.25) is 0 Å². The van der Waals surface area contributed by atoms with Crippen LogP contribution in [0, 0.1) is 0 Å². The van der Waals surface area contributed by atoms with E-state index in [4.69, 9.17) is 16.2 Å². The van der Waals surface area contributed by atoms with Crippen molar-refractivity contribution in [2.24, 2.45) is 5.73 Å². The maximum Gasteiger partial charge on any atom is 0.141 e. The Bertz CT molecular complexity index is 313. The minimum absolute atomic E-state index is 0.414. The van der Waals surface area contributed by atoms with E-state index in [-0.39, 0.29) is 0 Å². The van der Waals surface area contributed by atoms with Crippen molar-refractivity contribution < 1.29 is 9.84 Å². The molecule has 0 heterocycles. The minimum atomic E-state index is -0.595. The van der Waals surface area contributed by atoms with Crippen molar-refractivity contribution >= 4 is 5.69 Å². The highest BCUT2D eigenvalue weighted by Gasteiger charge is 2.13. The van der Waals surface area contributed by atoms with E-state index in [0.29, 0.717) is 11.4 Å². The van der Waals surface area contributed by atoms with Gasteiger partial charge in [-0.1, -0.05) is 6.07 Å². The summed E-state index contributed by atoms with van der Waals surface area (Å²) < 4.78 is 5.01. The van der Waals surface area contributed by atoms with E-state index in [1.807, 2.05) is 0 Å². The first-order chi connectivity index (χ1) is 6.56. The summed E-state index contributed by atoms with van der Waals surface area (Å²) in [6.45, 7) is 1.64. The molecule has 0 saturated heterocycles. The fraction of sp³-hybridized carbons (Fsp3) is 0.400. The molecule has 0 fully saturated rings. The molecule has 0 amide bonds. The Morgan fingerprint density at radius 3 is 2.50 bits per heavy atom. The summed E-state index contributed by atoms with van der Waals surface area (Å²) in [5, 5.41) is 9.29. The highest BCUT2D eigenvalue weighted by molar-refractivity contribution is 5.54. The lowest BCUT2D eigenvalue weighted by Crippen LogP contribution is -2.23. The molecule has 5 N–H and O–H groups in total. The quantitative estimate of drug-likeness (QED) is 0.620. The number of hydrogen-bond donors (Lipinski definition) is 3. The van der Waals surface area contributed by atoms with Crippen molar-refractivity contribution in [1.82, 2.24) is 0 Å². The van der Waals surface area contributed by atoms with E-state index in [9.17, 15) is 5.11 Å². The summed E-state index contributed by atoms with van der Waals surface area (Å²) in [5.74, 6) is 0.617. The third-order valence-corrected chi connectivity index (χ3v) is 2.16. The van der Waals surface area contributed by atoms with Crippen LogP contribution >= 0.6 is 0 Å². The smallest absolute Gasteiger partial charge is 0.141 e. The van der Waals surface area contributed by atoms with E-state index >= 15 is 0 Å². The van der Waals surface area contributed by atoms with Crippen LogP contribution in [-0.2, 0) is 0 Å². The molecule has 4 heteroatoms. The Labute approximate surface area is 83.5 Å². The van der Waals surface area contributed by atoms with Gasteiger partial charge in [-0.3, -0.25) is 0 Å². The summed E-state index contributed by atoms with van der Waals surface area (Å²) >= 11 is 0. The normalized spacial score (nSPS) is 14.9. The number of ether oxygens (including phenoxy) is 1. The van der Waals surface area contributed by atoms with Gasteiger partial charge in [0.15, 0.2) is 0 Å². The first-order valence-electron chi connectivity index (χ1n) is 4.43. The first kappa shape index (κ1) is 10.8. The number of aliphatic hydroxyl groups is 1. The molecule has 78 valence electrons. The van der Waals surface area contributed by atoms with Gasteiger partial charge in [0, 0.05) is 0 Å². The number of anilines is 1. The van der Waals surface area contributed by atoms with E-state index in [0.717, 1.165) is 5.56 Å². The average molecular weight is 196 g/mol. The van der Waals surface area contributed by atoms with Gasteiger partial charge in [0.25, 0.3) is 0 Å². The maximum atomic E-state index is 9.29. The molecule has 0 aliphatic heterocycles. The summed E-state index contributed by atoms with van der Waals surface area (Å²) in [5.41, 5.74) is 12.8. The average Bonchev–Trinajstić information content (AvgIpc) is 2.16. The molecule has 0 aliphatic carbocycles. The molecule has 1 rings (SSSR count). The molecular weight excluding hydrogens is 180 g/mol. The number of hydrogen-bond acceptors (Lipinski definition) is 4. The predicted molar refractivity (Wildman–Crippen MR) is 56.0 cm³/mol. The lowest BCUT2D eigenvalue weighted by molar-refractivity contribution is 0.164. The number of methoxy groups -OCH3 is 1. The molecule has 14 heavy (non-hydrogen) atoms. The van der Waals surface area contributed by atoms with Crippen molar-refractivity contribution in [3.8, 4) is 5.75 Å². The molecule has 0 radical (unpaired) electrons. The second-order valence-corrected chi connectivity index (χ2v) is 3.27. The zero-order chi connectivity index (χ0) is 10.7. The van der Waals surface area contributed by atoms with Crippen LogP contribution in [0.5, 0.6) is 5.75 Å². The number of benzene rings is 1. The monoisotopic (exact) mass is 196 g/mol. The predicted octanol–water partition coefficient (Wildman–Crippen LogP) is 0.658. The van der Waals surface area contributed by atoms with Crippen molar-refractivity contribution in [2.45, 2.75) is 19.1 Å². The zero-order valence-electron chi connectivity index (χ0n) is 8.40. The Balaban J connectivity index is 2.96. The van der Waals surface area contributed by atoms with Gasteiger partial charge in [-0.05, 0) is 24.6 Å². The molecule has 1 aromatic carbocycles. The van der Waals surface area contributed by atoms with Gasteiger partial charge in [0.2, 0.25) is 0 Å². The summed E-state index contributed by atoms with van der Waals surface area (Å²) in [7, 11) is 1.56.